The Bertz CT molecular complexity index is 294. The van der Waals surface area contributed by atoms with Gasteiger partial charge in [0.15, 0.2) is 0 Å². The highest BCUT2D eigenvalue weighted by Crippen LogP contribution is 2.30. The van der Waals surface area contributed by atoms with E-state index in [1.54, 1.807) is 0 Å². The Kier molecular flexibility index (Phi) is 5.39. The van der Waals surface area contributed by atoms with E-state index in [9.17, 15) is 9.59 Å². The fourth-order valence-corrected chi connectivity index (χ4v) is 2.33. The molecule has 0 N–H and O–H groups in total. The van der Waals surface area contributed by atoms with Gasteiger partial charge >= 0.3 is 11.9 Å². The minimum absolute atomic E-state index is 0.160. The molecule has 0 aromatic carbocycles. The van der Waals surface area contributed by atoms with Crippen LogP contribution in [0.4, 0.5) is 0 Å². The normalized spacial score (nSPS) is 32.9. The molecule has 1 heterocycles. The Morgan fingerprint density at radius 2 is 2.00 bits per heavy atom. The van der Waals surface area contributed by atoms with Crippen LogP contribution in [0.1, 0.15) is 27.2 Å². The number of carbonyl (C=O) groups is 2. The molecule has 5 nitrogen and oxygen atoms in total. The molecule has 1 fully saturated rings. The second-order valence-electron chi connectivity index (χ2n) is 4.19. The van der Waals surface area contributed by atoms with Crippen molar-refractivity contribution < 1.29 is 23.8 Å². The summed E-state index contributed by atoms with van der Waals surface area (Å²) in [5, 5.41) is -0.358. The standard InChI is InChI=1S/C11H17BrO5/c1-6-4-9(16-8(3)14)11(12)17-10(6)5-15-7(2)13/h6,9-11H,4-5H2,1-3H3/t6-,9-,10-,11+/m1/s1. The average molecular weight is 309 g/mol. The van der Waals surface area contributed by atoms with Gasteiger partial charge in [-0.25, -0.2) is 0 Å². The largest absolute Gasteiger partial charge is 0.463 e. The van der Waals surface area contributed by atoms with Gasteiger partial charge in [0, 0.05) is 13.8 Å². The molecule has 1 saturated heterocycles. The number of rotatable bonds is 3. The molecule has 0 aliphatic carbocycles. The van der Waals surface area contributed by atoms with Crippen LogP contribution in [0, 0.1) is 5.92 Å². The Morgan fingerprint density at radius 3 is 2.53 bits per heavy atom. The zero-order valence-corrected chi connectivity index (χ0v) is 11.7. The third-order valence-corrected chi connectivity index (χ3v) is 3.41. The molecule has 0 saturated carbocycles. The van der Waals surface area contributed by atoms with E-state index in [1.807, 2.05) is 6.92 Å². The first-order chi connectivity index (χ1) is 7.90. The number of hydrogen-bond donors (Lipinski definition) is 0. The van der Waals surface area contributed by atoms with Crippen LogP contribution in [0.25, 0.3) is 0 Å². The summed E-state index contributed by atoms with van der Waals surface area (Å²) in [5.74, 6) is -0.491. The molecule has 0 amide bonds. The lowest BCUT2D eigenvalue weighted by molar-refractivity contribution is -0.171. The summed E-state index contributed by atoms with van der Waals surface area (Å²) in [5.41, 5.74) is 0. The Hall–Kier alpha value is -0.620. The summed E-state index contributed by atoms with van der Waals surface area (Å²) in [6.07, 6.45) is 0.215. The van der Waals surface area contributed by atoms with Crippen molar-refractivity contribution in [3.8, 4) is 0 Å². The molecule has 17 heavy (non-hydrogen) atoms. The van der Waals surface area contributed by atoms with Crippen molar-refractivity contribution in [2.75, 3.05) is 6.61 Å². The first kappa shape index (κ1) is 14.4. The molecule has 1 rings (SSSR count). The molecular weight excluding hydrogens is 292 g/mol. The average Bonchev–Trinajstić information content (AvgIpc) is 2.20. The minimum atomic E-state index is -0.358. The lowest BCUT2D eigenvalue weighted by atomic mass is 9.95. The third kappa shape index (κ3) is 4.63. The van der Waals surface area contributed by atoms with Crippen molar-refractivity contribution in [3.63, 3.8) is 0 Å². The van der Waals surface area contributed by atoms with E-state index >= 15 is 0 Å². The number of alkyl halides is 1. The summed E-state index contributed by atoms with van der Waals surface area (Å²) in [4.78, 5) is 21.6. The summed E-state index contributed by atoms with van der Waals surface area (Å²) in [7, 11) is 0. The van der Waals surface area contributed by atoms with Gasteiger partial charge in [-0.2, -0.15) is 0 Å². The topological polar surface area (TPSA) is 61.8 Å². The number of hydrogen-bond acceptors (Lipinski definition) is 5. The predicted molar refractivity (Wildman–Crippen MR) is 63.6 cm³/mol. The summed E-state index contributed by atoms with van der Waals surface area (Å²) in [6, 6.07) is 0. The number of halogens is 1. The van der Waals surface area contributed by atoms with Crippen LogP contribution in [-0.4, -0.2) is 35.8 Å². The van der Waals surface area contributed by atoms with Gasteiger partial charge in [0.2, 0.25) is 0 Å². The highest BCUT2D eigenvalue weighted by atomic mass is 79.9. The van der Waals surface area contributed by atoms with Crippen molar-refractivity contribution in [1.29, 1.82) is 0 Å². The molecule has 4 atom stereocenters. The first-order valence-corrected chi connectivity index (χ1v) is 6.41. The van der Waals surface area contributed by atoms with Crippen LogP contribution in [0.15, 0.2) is 0 Å². The molecule has 0 aromatic rings. The van der Waals surface area contributed by atoms with E-state index in [0.717, 1.165) is 0 Å². The molecule has 0 unspecified atom stereocenters. The molecule has 1 aliphatic heterocycles. The van der Waals surface area contributed by atoms with Crippen molar-refractivity contribution in [1.82, 2.24) is 0 Å². The van der Waals surface area contributed by atoms with Crippen molar-refractivity contribution in [3.05, 3.63) is 0 Å². The lowest BCUT2D eigenvalue weighted by Gasteiger charge is -2.36. The predicted octanol–water partition coefficient (Wildman–Crippen LogP) is 1.63. The molecule has 0 radical (unpaired) electrons. The van der Waals surface area contributed by atoms with Crippen LogP contribution < -0.4 is 0 Å². The third-order valence-electron chi connectivity index (χ3n) is 2.60. The van der Waals surface area contributed by atoms with Gasteiger partial charge in [0.05, 0.1) is 6.10 Å². The second-order valence-corrected chi connectivity index (χ2v) is 5.09. The molecule has 0 bridgehead atoms. The molecule has 0 spiro atoms. The van der Waals surface area contributed by atoms with E-state index in [0.29, 0.717) is 6.42 Å². The summed E-state index contributed by atoms with van der Waals surface area (Å²) in [6.45, 7) is 4.94. The SMILES string of the molecule is CC(=O)OC[C@H]1O[C@H](Br)[C@H](OC(C)=O)C[C@H]1C. The van der Waals surface area contributed by atoms with Gasteiger partial charge in [0.25, 0.3) is 0 Å². The van der Waals surface area contributed by atoms with E-state index in [4.69, 9.17) is 14.2 Å². The smallest absolute Gasteiger partial charge is 0.303 e. The first-order valence-electron chi connectivity index (χ1n) is 5.50. The van der Waals surface area contributed by atoms with Gasteiger partial charge in [-0.15, -0.1) is 0 Å². The number of esters is 2. The fourth-order valence-electron chi connectivity index (χ4n) is 1.73. The second kappa shape index (κ2) is 6.35. The Morgan fingerprint density at radius 1 is 1.35 bits per heavy atom. The maximum atomic E-state index is 10.9. The van der Waals surface area contributed by atoms with Gasteiger partial charge in [-0.1, -0.05) is 22.9 Å². The quantitative estimate of drug-likeness (QED) is 0.586. The van der Waals surface area contributed by atoms with Crippen LogP contribution in [0.5, 0.6) is 0 Å². The number of carbonyl (C=O) groups excluding carboxylic acids is 2. The van der Waals surface area contributed by atoms with Crippen LogP contribution in [-0.2, 0) is 23.8 Å². The van der Waals surface area contributed by atoms with Gasteiger partial charge < -0.3 is 14.2 Å². The van der Waals surface area contributed by atoms with Crippen LogP contribution >= 0.6 is 15.9 Å². The summed E-state index contributed by atoms with van der Waals surface area (Å²) < 4.78 is 15.7. The highest BCUT2D eigenvalue weighted by molar-refractivity contribution is 9.09. The van der Waals surface area contributed by atoms with E-state index in [1.165, 1.54) is 13.8 Å². The van der Waals surface area contributed by atoms with Crippen LogP contribution in [0.2, 0.25) is 0 Å². The molecule has 1 aliphatic rings. The van der Waals surface area contributed by atoms with Gasteiger partial charge in [-0.3, -0.25) is 9.59 Å². The molecule has 98 valence electrons. The molecule has 6 heteroatoms. The van der Waals surface area contributed by atoms with Crippen LogP contribution in [0.3, 0.4) is 0 Å². The van der Waals surface area contributed by atoms with E-state index < -0.39 is 0 Å². The van der Waals surface area contributed by atoms with E-state index in [-0.39, 0.29) is 41.7 Å². The van der Waals surface area contributed by atoms with E-state index in [2.05, 4.69) is 15.9 Å². The molecule has 0 aromatic heterocycles. The fraction of sp³-hybridized carbons (Fsp3) is 0.818. The Labute approximate surface area is 109 Å². The Balaban J connectivity index is 2.48. The maximum Gasteiger partial charge on any atom is 0.303 e. The maximum absolute atomic E-state index is 10.9. The van der Waals surface area contributed by atoms with Crippen molar-refractivity contribution in [2.45, 2.75) is 44.4 Å². The van der Waals surface area contributed by atoms with Gasteiger partial charge in [0.1, 0.15) is 17.7 Å². The molecular formula is C11H17BrO5. The lowest BCUT2D eigenvalue weighted by Crippen LogP contribution is -2.44. The summed E-state index contributed by atoms with van der Waals surface area (Å²) >= 11 is 3.32. The highest BCUT2D eigenvalue weighted by Gasteiger charge is 2.36. The van der Waals surface area contributed by atoms with Crippen molar-refractivity contribution >= 4 is 27.9 Å². The zero-order chi connectivity index (χ0) is 13.0. The number of ether oxygens (including phenoxy) is 3. The van der Waals surface area contributed by atoms with Gasteiger partial charge in [-0.05, 0) is 12.3 Å². The van der Waals surface area contributed by atoms with Crippen molar-refractivity contribution in [2.24, 2.45) is 5.92 Å². The minimum Gasteiger partial charge on any atom is -0.463 e. The monoisotopic (exact) mass is 308 g/mol. The zero-order valence-electron chi connectivity index (χ0n) is 10.1.